The topological polar surface area (TPSA) is 37.3 Å². The standard InChI is InChI=1S/C19H36O2/c1-2-3-4-5-6-7-8-9-10-11-12-13-14-15-16-17-18-19(20)21/h16-17H,2-15,18H2,1H3,(H,20,21)/b17-16+. The van der Waals surface area contributed by atoms with Crippen molar-refractivity contribution in [2.75, 3.05) is 0 Å². The van der Waals surface area contributed by atoms with Crippen LogP contribution in [-0.4, -0.2) is 11.1 Å². The number of carbonyl (C=O) groups is 1. The van der Waals surface area contributed by atoms with Gasteiger partial charge in [0.1, 0.15) is 0 Å². The molecule has 21 heavy (non-hydrogen) atoms. The number of hydrogen-bond acceptors (Lipinski definition) is 1. The van der Waals surface area contributed by atoms with Crippen molar-refractivity contribution in [3.05, 3.63) is 12.2 Å². The highest BCUT2D eigenvalue weighted by molar-refractivity contribution is 5.68. The Bertz CT molecular complexity index is 246. The zero-order valence-corrected chi connectivity index (χ0v) is 14.1. The van der Waals surface area contributed by atoms with Crippen molar-refractivity contribution in [1.29, 1.82) is 0 Å². The highest BCUT2D eigenvalue weighted by atomic mass is 16.4. The average molecular weight is 296 g/mol. The molecule has 0 heterocycles. The van der Waals surface area contributed by atoms with Crippen molar-refractivity contribution in [3.8, 4) is 0 Å². The molecule has 0 spiro atoms. The molecule has 2 nitrogen and oxygen atoms in total. The molecule has 0 bridgehead atoms. The molecule has 0 aromatic carbocycles. The summed E-state index contributed by atoms with van der Waals surface area (Å²) in [5.74, 6) is -0.739. The SMILES string of the molecule is CCCCCCCCCCCCCCC/C=C/CC(=O)O. The monoisotopic (exact) mass is 296 g/mol. The van der Waals surface area contributed by atoms with Crippen molar-refractivity contribution in [2.45, 2.75) is 103 Å². The van der Waals surface area contributed by atoms with Crippen LogP contribution in [0.4, 0.5) is 0 Å². The second kappa shape index (κ2) is 17.3. The molecule has 2 heteroatoms. The lowest BCUT2D eigenvalue weighted by atomic mass is 10.0. The van der Waals surface area contributed by atoms with Gasteiger partial charge in [0.05, 0.1) is 6.42 Å². The van der Waals surface area contributed by atoms with E-state index in [9.17, 15) is 4.79 Å². The van der Waals surface area contributed by atoms with Crippen LogP contribution >= 0.6 is 0 Å². The molecule has 0 aliphatic heterocycles. The van der Waals surface area contributed by atoms with Crippen molar-refractivity contribution in [3.63, 3.8) is 0 Å². The predicted molar refractivity (Wildman–Crippen MR) is 91.7 cm³/mol. The van der Waals surface area contributed by atoms with Gasteiger partial charge in [-0.05, 0) is 12.8 Å². The number of unbranched alkanes of at least 4 members (excludes halogenated alkanes) is 13. The van der Waals surface area contributed by atoms with E-state index in [4.69, 9.17) is 5.11 Å². The normalized spacial score (nSPS) is 11.3. The summed E-state index contributed by atoms with van der Waals surface area (Å²) in [5.41, 5.74) is 0. The third kappa shape index (κ3) is 19.2. The van der Waals surface area contributed by atoms with Crippen LogP contribution in [0, 0.1) is 0 Å². The molecule has 0 aliphatic rings. The molecule has 0 aromatic rings. The van der Waals surface area contributed by atoms with Gasteiger partial charge in [0.25, 0.3) is 0 Å². The second-order valence-electron chi connectivity index (χ2n) is 6.10. The molecule has 0 aliphatic carbocycles. The van der Waals surface area contributed by atoms with Gasteiger partial charge in [0.15, 0.2) is 0 Å². The molecule has 1 N–H and O–H groups in total. The fourth-order valence-electron chi connectivity index (χ4n) is 2.58. The van der Waals surface area contributed by atoms with Gasteiger partial charge in [-0.2, -0.15) is 0 Å². The Morgan fingerprint density at radius 2 is 1.14 bits per heavy atom. The molecule has 0 aromatic heterocycles. The minimum Gasteiger partial charge on any atom is -0.481 e. The first kappa shape index (κ1) is 20.2. The molecule has 0 saturated carbocycles. The molecule has 124 valence electrons. The fourth-order valence-corrected chi connectivity index (χ4v) is 2.58. The van der Waals surface area contributed by atoms with Gasteiger partial charge in [0.2, 0.25) is 0 Å². The maximum absolute atomic E-state index is 10.3. The first-order valence-corrected chi connectivity index (χ1v) is 9.14. The van der Waals surface area contributed by atoms with Crippen LogP contribution in [0.1, 0.15) is 103 Å². The Labute approximate surface area is 132 Å². The largest absolute Gasteiger partial charge is 0.481 e. The maximum atomic E-state index is 10.3. The smallest absolute Gasteiger partial charge is 0.307 e. The van der Waals surface area contributed by atoms with Crippen LogP contribution in [0.15, 0.2) is 12.2 Å². The summed E-state index contributed by atoms with van der Waals surface area (Å²) in [6.45, 7) is 2.27. The van der Waals surface area contributed by atoms with Gasteiger partial charge in [-0.3, -0.25) is 4.79 Å². The molecule has 0 saturated heterocycles. The first-order chi connectivity index (χ1) is 10.3. The number of rotatable bonds is 16. The van der Waals surface area contributed by atoms with Crippen molar-refractivity contribution < 1.29 is 9.90 Å². The molecule has 0 amide bonds. The Hall–Kier alpha value is -0.790. The van der Waals surface area contributed by atoms with E-state index >= 15 is 0 Å². The quantitative estimate of drug-likeness (QED) is 0.261. The van der Waals surface area contributed by atoms with Crippen LogP contribution in [-0.2, 0) is 4.79 Å². The molecular weight excluding hydrogens is 260 g/mol. The number of carboxylic acids is 1. The molecule has 0 atom stereocenters. The van der Waals surface area contributed by atoms with E-state index in [0.29, 0.717) is 0 Å². The van der Waals surface area contributed by atoms with E-state index < -0.39 is 5.97 Å². The van der Waals surface area contributed by atoms with Crippen molar-refractivity contribution >= 4 is 5.97 Å². The molecular formula is C19H36O2. The van der Waals surface area contributed by atoms with Gasteiger partial charge in [0, 0.05) is 0 Å². The zero-order valence-electron chi connectivity index (χ0n) is 14.1. The highest BCUT2D eigenvalue weighted by Gasteiger charge is 1.93. The van der Waals surface area contributed by atoms with Gasteiger partial charge < -0.3 is 5.11 Å². The average Bonchev–Trinajstić information content (AvgIpc) is 2.46. The van der Waals surface area contributed by atoms with Crippen LogP contribution in [0.25, 0.3) is 0 Å². The van der Waals surface area contributed by atoms with E-state index in [1.54, 1.807) is 6.08 Å². The van der Waals surface area contributed by atoms with Gasteiger partial charge in [-0.1, -0.05) is 96.1 Å². The Kier molecular flexibility index (Phi) is 16.6. The van der Waals surface area contributed by atoms with Gasteiger partial charge >= 0.3 is 5.97 Å². The summed E-state index contributed by atoms with van der Waals surface area (Å²) >= 11 is 0. The van der Waals surface area contributed by atoms with Gasteiger partial charge in [-0.25, -0.2) is 0 Å². The second-order valence-corrected chi connectivity index (χ2v) is 6.10. The molecule has 0 fully saturated rings. The summed E-state index contributed by atoms with van der Waals surface area (Å²) in [6, 6.07) is 0. The van der Waals surface area contributed by atoms with Gasteiger partial charge in [-0.15, -0.1) is 0 Å². The molecule has 0 radical (unpaired) electrons. The van der Waals surface area contributed by atoms with E-state index in [0.717, 1.165) is 6.42 Å². The zero-order chi connectivity index (χ0) is 15.6. The van der Waals surface area contributed by atoms with Crippen LogP contribution in [0.5, 0.6) is 0 Å². The predicted octanol–water partition coefficient (Wildman–Crippen LogP) is 6.50. The van der Waals surface area contributed by atoms with Crippen molar-refractivity contribution in [1.82, 2.24) is 0 Å². The lowest BCUT2D eigenvalue weighted by molar-refractivity contribution is -0.136. The summed E-state index contributed by atoms with van der Waals surface area (Å²) in [5, 5.41) is 8.48. The van der Waals surface area contributed by atoms with Crippen LogP contribution in [0.2, 0.25) is 0 Å². The third-order valence-corrected chi connectivity index (χ3v) is 3.93. The number of aliphatic carboxylic acids is 1. The van der Waals surface area contributed by atoms with E-state index in [-0.39, 0.29) is 6.42 Å². The molecule has 0 rings (SSSR count). The summed E-state index contributed by atoms with van der Waals surface area (Å²) in [6.07, 6.45) is 22.9. The minimum atomic E-state index is -0.739. The maximum Gasteiger partial charge on any atom is 0.307 e. The third-order valence-electron chi connectivity index (χ3n) is 3.93. The summed E-state index contributed by atoms with van der Waals surface area (Å²) in [4.78, 5) is 10.3. The number of allylic oxidation sites excluding steroid dienone is 1. The minimum absolute atomic E-state index is 0.165. The lowest BCUT2D eigenvalue weighted by Gasteiger charge is -2.02. The number of carboxylic acid groups (broad SMARTS) is 1. The highest BCUT2D eigenvalue weighted by Crippen LogP contribution is 2.12. The lowest BCUT2D eigenvalue weighted by Crippen LogP contribution is -1.89. The van der Waals surface area contributed by atoms with Crippen molar-refractivity contribution in [2.24, 2.45) is 0 Å². The van der Waals surface area contributed by atoms with E-state index in [1.165, 1.54) is 83.5 Å². The Morgan fingerprint density at radius 1 is 0.714 bits per heavy atom. The van der Waals surface area contributed by atoms with Crippen LogP contribution < -0.4 is 0 Å². The van der Waals surface area contributed by atoms with E-state index in [1.807, 2.05) is 6.08 Å². The Balaban J connectivity index is 3.02. The van der Waals surface area contributed by atoms with Crippen LogP contribution in [0.3, 0.4) is 0 Å². The summed E-state index contributed by atoms with van der Waals surface area (Å²) < 4.78 is 0. The van der Waals surface area contributed by atoms with E-state index in [2.05, 4.69) is 6.92 Å². The first-order valence-electron chi connectivity index (χ1n) is 9.14. The fraction of sp³-hybridized carbons (Fsp3) is 0.842. The summed E-state index contributed by atoms with van der Waals surface area (Å²) in [7, 11) is 0. The molecule has 0 unspecified atom stereocenters. The number of hydrogen-bond donors (Lipinski definition) is 1. The Morgan fingerprint density at radius 3 is 1.57 bits per heavy atom.